The molecule has 8 heteroatoms. The molecule has 1 aromatic heterocycles. The zero-order valence-electron chi connectivity index (χ0n) is 12.3. The summed E-state index contributed by atoms with van der Waals surface area (Å²) in [7, 11) is 0. The average molecular weight is 354 g/mol. The quantitative estimate of drug-likeness (QED) is 0.888. The molecule has 1 atom stereocenters. The number of likely N-dealkylation sites (tertiary alicyclic amines) is 1. The van der Waals surface area contributed by atoms with E-state index in [0.717, 1.165) is 15.2 Å². The predicted octanol–water partition coefficient (Wildman–Crippen LogP) is 2.96. The van der Waals surface area contributed by atoms with Crippen LogP contribution in [-0.4, -0.2) is 40.1 Å². The summed E-state index contributed by atoms with van der Waals surface area (Å²) in [6, 6.07) is 5.27. The van der Waals surface area contributed by atoms with E-state index in [1.807, 2.05) is 12.1 Å². The molecule has 1 aromatic carbocycles. The van der Waals surface area contributed by atoms with E-state index in [9.17, 15) is 9.59 Å². The predicted molar refractivity (Wildman–Crippen MR) is 88.8 cm³/mol. The van der Waals surface area contributed by atoms with Crippen LogP contribution in [0.3, 0.4) is 0 Å². The Morgan fingerprint density at radius 3 is 3.09 bits per heavy atom. The maximum atomic E-state index is 12.2. The van der Waals surface area contributed by atoms with Crippen molar-refractivity contribution in [3.05, 3.63) is 28.2 Å². The van der Waals surface area contributed by atoms with Gasteiger partial charge in [0.25, 0.3) is 0 Å². The van der Waals surface area contributed by atoms with Gasteiger partial charge in [-0.15, -0.1) is 11.3 Å². The molecule has 1 unspecified atom stereocenters. The van der Waals surface area contributed by atoms with Gasteiger partial charge < -0.3 is 15.3 Å². The lowest BCUT2D eigenvalue weighted by Gasteiger charge is -2.30. The van der Waals surface area contributed by atoms with Crippen molar-refractivity contribution in [1.82, 2.24) is 15.2 Å². The second kappa shape index (κ2) is 6.72. The van der Waals surface area contributed by atoms with Crippen LogP contribution >= 0.6 is 22.9 Å². The Labute approximate surface area is 142 Å². The normalized spacial score (nSPS) is 18.1. The van der Waals surface area contributed by atoms with Gasteiger partial charge in [0, 0.05) is 18.1 Å². The molecule has 6 nitrogen and oxygen atoms in total. The van der Waals surface area contributed by atoms with Crippen LogP contribution in [0.5, 0.6) is 0 Å². The molecule has 1 saturated heterocycles. The number of aromatic nitrogens is 1. The monoisotopic (exact) mass is 353 g/mol. The molecule has 1 fully saturated rings. The third-order valence-corrected chi connectivity index (χ3v) is 5.11. The molecule has 3 rings (SSSR count). The maximum absolute atomic E-state index is 12.2. The van der Waals surface area contributed by atoms with Gasteiger partial charge in [0.1, 0.15) is 5.01 Å². The van der Waals surface area contributed by atoms with E-state index in [-0.39, 0.29) is 12.6 Å². The summed E-state index contributed by atoms with van der Waals surface area (Å²) in [5.41, 5.74) is 0.815. The molecule has 2 amide bonds. The highest BCUT2D eigenvalue weighted by molar-refractivity contribution is 7.18. The van der Waals surface area contributed by atoms with Gasteiger partial charge in [0.2, 0.25) is 0 Å². The fourth-order valence-electron chi connectivity index (χ4n) is 2.65. The lowest BCUT2D eigenvalue weighted by molar-refractivity contribution is -0.143. The minimum Gasteiger partial charge on any atom is -0.481 e. The number of aliphatic carboxylic acids is 1. The Morgan fingerprint density at radius 2 is 2.30 bits per heavy atom. The number of nitrogens with one attached hydrogen (secondary N) is 1. The molecule has 1 aliphatic rings. The lowest BCUT2D eigenvalue weighted by Crippen LogP contribution is -2.46. The largest absolute Gasteiger partial charge is 0.481 e. The van der Waals surface area contributed by atoms with Crippen LogP contribution in [0.1, 0.15) is 17.8 Å². The number of rotatable bonds is 3. The van der Waals surface area contributed by atoms with E-state index < -0.39 is 11.9 Å². The molecule has 0 spiro atoms. The standard InChI is InChI=1S/C15H16ClN3O3S/c16-10-3-4-12-11(6-10)18-13(23-12)7-17-15(22)19-5-1-2-9(8-19)14(20)21/h3-4,6,9H,1-2,5,7-8H2,(H,17,22)(H,20,21). The fraction of sp³-hybridized carbons (Fsp3) is 0.400. The van der Waals surface area contributed by atoms with Crippen molar-refractivity contribution in [2.24, 2.45) is 5.92 Å². The fourth-order valence-corrected chi connectivity index (χ4v) is 3.70. The zero-order valence-corrected chi connectivity index (χ0v) is 13.9. The van der Waals surface area contributed by atoms with Gasteiger partial charge in [0.15, 0.2) is 0 Å². The highest BCUT2D eigenvalue weighted by Crippen LogP contribution is 2.25. The first-order valence-corrected chi connectivity index (χ1v) is 8.53. The molecule has 1 aliphatic heterocycles. The first-order chi connectivity index (χ1) is 11.0. The third kappa shape index (κ3) is 3.73. The molecule has 2 N–H and O–H groups in total. The summed E-state index contributed by atoms with van der Waals surface area (Å²) in [6.45, 7) is 1.17. The van der Waals surface area contributed by atoms with Crippen molar-refractivity contribution in [2.45, 2.75) is 19.4 Å². The van der Waals surface area contributed by atoms with Crippen molar-refractivity contribution in [1.29, 1.82) is 0 Å². The number of fused-ring (bicyclic) bond motifs is 1. The van der Waals surface area contributed by atoms with E-state index in [4.69, 9.17) is 16.7 Å². The Kier molecular flexibility index (Phi) is 4.68. The SMILES string of the molecule is O=C(O)C1CCCN(C(=O)NCc2nc3cc(Cl)ccc3s2)C1. The summed E-state index contributed by atoms with van der Waals surface area (Å²) < 4.78 is 1.02. The number of amides is 2. The highest BCUT2D eigenvalue weighted by Gasteiger charge is 2.28. The van der Waals surface area contributed by atoms with Crippen LogP contribution < -0.4 is 5.32 Å². The van der Waals surface area contributed by atoms with E-state index in [1.165, 1.54) is 11.3 Å². The topological polar surface area (TPSA) is 82.5 Å². The zero-order chi connectivity index (χ0) is 16.4. The van der Waals surface area contributed by atoms with Crippen molar-refractivity contribution in [2.75, 3.05) is 13.1 Å². The number of thiazole rings is 1. The molecule has 0 aliphatic carbocycles. The summed E-state index contributed by atoms with van der Waals surface area (Å²) in [6.07, 6.45) is 1.34. The molecule has 0 radical (unpaired) electrons. The van der Waals surface area contributed by atoms with Crippen LogP contribution in [0.15, 0.2) is 18.2 Å². The van der Waals surface area contributed by atoms with Crippen molar-refractivity contribution in [3.8, 4) is 0 Å². The van der Waals surface area contributed by atoms with E-state index in [2.05, 4.69) is 10.3 Å². The van der Waals surface area contributed by atoms with Gasteiger partial charge in [-0.05, 0) is 31.0 Å². The van der Waals surface area contributed by atoms with E-state index in [1.54, 1.807) is 11.0 Å². The van der Waals surface area contributed by atoms with Crippen LogP contribution in [-0.2, 0) is 11.3 Å². The second-order valence-corrected chi connectivity index (χ2v) is 7.05. The van der Waals surface area contributed by atoms with Gasteiger partial charge in [-0.2, -0.15) is 0 Å². The molecule has 0 saturated carbocycles. The Balaban J connectivity index is 1.60. The van der Waals surface area contributed by atoms with E-state index >= 15 is 0 Å². The Morgan fingerprint density at radius 1 is 1.48 bits per heavy atom. The maximum Gasteiger partial charge on any atom is 0.317 e. The third-order valence-electron chi connectivity index (χ3n) is 3.84. The number of hydrogen-bond acceptors (Lipinski definition) is 4. The van der Waals surface area contributed by atoms with Crippen LogP contribution in [0.4, 0.5) is 4.79 Å². The smallest absolute Gasteiger partial charge is 0.317 e. The molecule has 23 heavy (non-hydrogen) atoms. The van der Waals surface area contributed by atoms with Gasteiger partial charge in [-0.3, -0.25) is 4.79 Å². The number of nitrogens with zero attached hydrogens (tertiary/aromatic N) is 2. The minimum absolute atomic E-state index is 0.242. The summed E-state index contributed by atoms with van der Waals surface area (Å²) in [5.74, 6) is -1.32. The van der Waals surface area contributed by atoms with Gasteiger partial charge in [0.05, 0.1) is 22.7 Å². The van der Waals surface area contributed by atoms with Crippen molar-refractivity contribution >= 4 is 45.2 Å². The van der Waals surface area contributed by atoms with Crippen LogP contribution in [0.25, 0.3) is 10.2 Å². The first kappa shape index (κ1) is 16.0. The van der Waals surface area contributed by atoms with Crippen molar-refractivity contribution < 1.29 is 14.7 Å². The number of benzene rings is 1. The number of piperidine rings is 1. The molecule has 2 heterocycles. The number of carbonyl (C=O) groups excluding carboxylic acids is 1. The Bertz CT molecular complexity index is 749. The number of carboxylic acid groups (broad SMARTS) is 1. The second-order valence-electron chi connectivity index (χ2n) is 5.50. The number of carboxylic acids is 1. The first-order valence-electron chi connectivity index (χ1n) is 7.33. The molecule has 0 bridgehead atoms. The molecule has 2 aromatic rings. The van der Waals surface area contributed by atoms with Crippen LogP contribution in [0.2, 0.25) is 5.02 Å². The van der Waals surface area contributed by atoms with Crippen LogP contribution in [0, 0.1) is 5.92 Å². The Hall–Kier alpha value is -1.86. The molecular formula is C15H16ClN3O3S. The summed E-state index contributed by atoms with van der Waals surface area (Å²) in [5, 5.41) is 13.3. The lowest BCUT2D eigenvalue weighted by atomic mass is 9.99. The van der Waals surface area contributed by atoms with E-state index in [0.29, 0.717) is 31.0 Å². The number of hydrogen-bond donors (Lipinski definition) is 2. The average Bonchev–Trinajstić information content (AvgIpc) is 2.94. The number of halogens is 1. The summed E-state index contributed by atoms with van der Waals surface area (Å²) in [4.78, 5) is 29.2. The van der Waals surface area contributed by atoms with Gasteiger partial charge >= 0.3 is 12.0 Å². The minimum atomic E-state index is -0.842. The van der Waals surface area contributed by atoms with Gasteiger partial charge in [-0.1, -0.05) is 11.6 Å². The number of urea groups is 1. The molecule has 122 valence electrons. The summed E-state index contributed by atoms with van der Waals surface area (Å²) >= 11 is 7.44. The highest BCUT2D eigenvalue weighted by atomic mass is 35.5. The van der Waals surface area contributed by atoms with Gasteiger partial charge in [-0.25, -0.2) is 9.78 Å². The number of carbonyl (C=O) groups is 2. The molecular weight excluding hydrogens is 338 g/mol. The van der Waals surface area contributed by atoms with Crippen molar-refractivity contribution in [3.63, 3.8) is 0 Å².